The maximum atomic E-state index is 11.9. The molecule has 1 amide bonds. The Bertz CT molecular complexity index is 368. The molecule has 1 aliphatic carbocycles. The van der Waals surface area contributed by atoms with Gasteiger partial charge in [0.25, 0.3) is 5.91 Å². The number of amides is 1. The number of rotatable bonds is 2. The van der Waals surface area contributed by atoms with Crippen molar-refractivity contribution >= 4 is 5.91 Å². The molecule has 1 heterocycles. The minimum atomic E-state index is -0.180. The zero-order valence-corrected chi connectivity index (χ0v) is 9.80. The third kappa shape index (κ3) is 3.23. The molecule has 2 unspecified atom stereocenters. The Balaban J connectivity index is 1.98. The standard InChI is InChI=1S/C12H18N4O/c13-9-4-2-1-3-5-10(9)16-12(17)11-8-14-6-7-15-11/h6-10H,1-5,13H2,(H,16,17). The Hall–Kier alpha value is -1.49. The van der Waals surface area contributed by atoms with Crippen LogP contribution in [0.4, 0.5) is 0 Å². The van der Waals surface area contributed by atoms with Gasteiger partial charge in [-0.25, -0.2) is 4.98 Å². The van der Waals surface area contributed by atoms with Gasteiger partial charge < -0.3 is 11.1 Å². The van der Waals surface area contributed by atoms with Crippen LogP contribution in [-0.2, 0) is 0 Å². The fraction of sp³-hybridized carbons (Fsp3) is 0.583. The Labute approximate surface area is 101 Å². The van der Waals surface area contributed by atoms with Gasteiger partial charge >= 0.3 is 0 Å². The molecule has 92 valence electrons. The zero-order chi connectivity index (χ0) is 12.1. The Morgan fingerprint density at radius 1 is 1.29 bits per heavy atom. The number of nitrogens with zero attached hydrogens (tertiary/aromatic N) is 2. The van der Waals surface area contributed by atoms with E-state index in [-0.39, 0.29) is 18.0 Å². The van der Waals surface area contributed by atoms with Crippen LogP contribution >= 0.6 is 0 Å². The molecule has 3 N–H and O–H groups in total. The van der Waals surface area contributed by atoms with Crippen LogP contribution in [0.5, 0.6) is 0 Å². The maximum Gasteiger partial charge on any atom is 0.271 e. The Morgan fingerprint density at radius 3 is 2.88 bits per heavy atom. The highest BCUT2D eigenvalue weighted by Gasteiger charge is 2.22. The first-order chi connectivity index (χ1) is 8.27. The monoisotopic (exact) mass is 234 g/mol. The maximum absolute atomic E-state index is 11.9. The van der Waals surface area contributed by atoms with Crippen LogP contribution in [0.15, 0.2) is 18.6 Å². The van der Waals surface area contributed by atoms with E-state index in [1.165, 1.54) is 18.8 Å². The third-order valence-electron chi connectivity index (χ3n) is 3.18. The van der Waals surface area contributed by atoms with Crippen LogP contribution < -0.4 is 11.1 Å². The van der Waals surface area contributed by atoms with Gasteiger partial charge in [-0.05, 0) is 12.8 Å². The predicted octanol–water partition coefficient (Wildman–Crippen LogP) is 0.866. The second kappa shape index (κ2) is 5.72. The van der Waals surface area contributed by atoms with Crippen molar-refractivity contribution < 1.29 is 4.79 Å². The van der Waals surface area contributed by atoms with E-state index in [9.17, 15) is 4.79 Å². The fourth-order valence-corrected chi connectivity index (χ4v) is 2.17. The number of carbonyl (C=O) groups excluding carboxylic acids is 1. The van der Waals surface area contributed by atoms with E-state index in [0.29, 0.717) is 5.69 Å². The van der Waals surface area contributed by atoms with Gasteiger partial charge in [-0.2, -0.15) is 0 Å². The van der Waals surface area contributed by atoms with Gasteiger partial charge in [0, 0.05) is 24.5 Å². The summed E-state index contributed by atoms with van der Waals surface area (Å²) in [5.74, 6) is -0.180. The second-order valence-electron chi connectivity index (χ2n) is 4.47. The van der Waals surface area contributed by atoms with Crippen LogP contribution in [0.1, 0.15) is 42.6 Å². The molecule has 0 bridgehead atoms. The number of hydrogen-bond donors (Lipinski definition) is 2. The molecule has 1 aliphatic rings. The van der Waals surface area contributed by atoms with E-state index in [4.69, 9.17) is 5.73 Å². The molecule has 0 radical (unpaired) electrons. The molecule has 1 aromatic heterocycles. The molecule has 1 saturated carbocycles. The van der Waals surface area contributed by atoms with E-state index in [1.807, 2.05) is 0 Å². The quantitative estimate of drug-likeness (QED) is 0.744. The summed E-state index contributed by atoms with van der Waals surface area (Å²) in [4.78, 5) is 19.8. The van der Waals surface area contributed by atoms with Crippen LogP contribution in [0.2, 0.25) is 0 Å². The average Bonchev–Trinajstić information content (AvgIpc) is 2.56. The van der Waals surface area contributed by atoms with Crippen molar-refractivity contribution in [2.24, 2.45) is 5.73 Å². The first-order valence-corrected chi connectivity index (χ1v) is 6.10. The van der Waals surface area contributed by atoms with E-state index in [2.05, 4.69) is 15.3 Å². The van der Waals surface area contributed by atoms with Gasteiger partial charge in [0.15, 0.2) is 0 Å². The summed E-state index contributed by atoms with van der Waals surface area (Å²) in [5.41, 5.74) is 6.41. The van der Waals surface area contributed by atoms with Crippen molar-refractivity contribution in [1.29, 1.82) is 0 Å². The van der Waals surface area contributed by atoms with Crippen molar-refractivity contribution in [2.45, 2.75) is 44.2 Å². The van der Waals surface area contributed by atoms with Gasteiger partial charge in [0.1, 0.15) is 5.69 Å². The van der Waals surface area contributed by atoms with Crippen molar-refractivity contribution in [3.8, 4) is 0 Å². The number of carbonyl (C=O) groups is 1. The smallest absolute Gasteiger partial charge is 0.271 e. The Kier molecular flexibility index (Phi) is 4.03. The molecule has 2 rings (SSSR count). The summed E-state index contributed by atoms with van der Waals surface area (Å²) in [6.07, 6.45) is 9.94. The van der Waals surface area contributed by atoms with Crippen molar-refractivity contribution in [3.63, 3.8) is 0 Å². The summed E-state index contributed by atoms with van der Waals surface area (Å²) in [6, 6.07) is 0.116. The van der Waals surface area contributed by atoms with E-state index in [1.54, 1.807) is 6.20 Å². The van der Waals surface area contributed by atoms with Crippen LogP contribution in [0.25, 0.3) is 0 Å². The van der Waals surface area contributed by atoms with E-state index >= 15 is 0 Å². The fourth-order valence-electron chi connectivity index (χ4n) is 2.17. The summed E-state index contributed by atoms with van der Waals surface area (Å²) in [5, 5.41) is 2.96. The van der Waals surface area contributed by atoms with Gasteiger partial charge in [-0.1, -0.05) is 19.3 Å². The van der Waals surface area contributed by atoms with Crippen molar-refractivity contribution in [1.82, 2.24) is 15.3 Å². The molecule has 17 heavy (non-hydrogen) atoms. The highest BCUT2D eigenvalue weighted by molar-refractivity contribution is 5.92. The van der Waals surface area contributed by atoms with Crippen molar-refractivity contribution in [2.75, 3.05) is 0 Å². The molecule has 2 atom stereocenters. The third-order valence-corrected chi connectivity index (χ3v) is 3.18. The SMILES string of the molecule is NC1CCCCCC1NC(=O)c1cnccn1. The number of nitrogens with two attached hydrogens (primary N) is 1. The molecule has 0 spiro atoms. The highest BCUT2D eigenvalue weighted by Crippen LogP contribution is 2.16. The molecular formula is C12H18N4O. The van der Waals surface area contributed by atoms with Crippen LogP contribution in [0.3, 0.4) is 0 Å². The molecule has 0 aliphatic heterocycles. The van der Waals surface area contributed by atoms with Crippen LogP contribution in [0, 0.1) is 0 Å². The Morgan fingerprint density at radius 2 is 2.12 bits per heavy atom. The van der Waals surface area contributed by atoms with E-state index in [0.717, 1.165) is 25.7 Å². The highest BCUT2D eigenvalue weighted by atomic mass is 16.1. The molecule has 1 aromatic rings. The summed E-state index contributed by atoms with van der Waals surface area (Å²) in [6.45, 7) is 0. The number of nitrogens with one attached hydrogen (secondary N) is 1. The lowest BCUT2D eigenvalue weighted by Gasteiger charge is -2.22. The summed E-state index contributed by atoms with van der Waals surface area (Å²) >= 11 is 0. The number of aromatic nitrogens is 2. The lowest BCUT2D eigenvalue weighted by atomic mass is 10.0. The molecule has 1 fully saturated rings. The van der Waals surface area contributed by atoms with Gasteiger partial charge in [0.2, 0.25) is 0 Å². The first-order valence-electron chi connectivity index (χ1n) is 6.10. The topological polar surface area (TPSA) is 80.9 Å². The van der Waals surface area contributed by atoms with Gasteiger partial charge in [0.05, 0.1) is 6.20 Å². The van der Waals surface area contributed by atoms with Gasteiger partial charge in [-0.15, -0.1) is 0 Å². The largest absolute Gasteiger partial charge is 0.346 e. The molecule has 0 aromatic carbocycles. The molecule has 5 heteroatoms. The zero-order valence-electron chi connectivity index (χ0n) is 9.80. The van der Waals surface area contributed by atoms with Gasteiger partial charge in [-0.3, -0.25) is 9.78 Å². The predicted molar refractivity (Wildman–Crippen MR) is 64.3 cm³/mol. The van der Waals surface area contributed by atoms with Crippen molar-refractivity contribution in [3.05, 3.63) is 24.3 Å². The minimum absolute atomic E-state index is 0.0538. The summed E-state index contributed by atoms with van der Waals surface area (Å²) < 4.78 is 0. The summed E-state index contributed by atoms with van der Waals surface area (Å²) in [7, 11) is 0. The first kappa shape index (κ1) is 12.0. The number of hydrogen-bond acceptors (Lipinski definition) is 4. The molecule has 5 nitrogen and oxygen atoms in total. The minimum Gasteiger partial charge on any atom is -0.346 e. The van der Waals surface area contributed by atoms with E-state index < -0.39 is 0 Å². The second-order valence-corrected chi connectivity index (χ2v) is 4.47. The molecular weight excluding hydrogens is 216 g/mol. The lowest BCUT2D eigenvalue weighted by Crippen LogP contribution is -2.47. The lowest BCUT2D eigenvalue weighted by molar-refractivity contribution is 0.0923. The van der Waals surface area contributed by atoms with Crippen LogP contribution in [-0.4, -0.2) is 28.0 Å². The normalized spacial score (nSPS) is 25.0. The average molecular weight is 234 g/mol. The molecule has 0 saturated heterocycles.